The Labute approximate surface area is 133 Å². The highest BCUT2D eigenvalue weighted by molar-refractivity contribution is 8.37. The molecule has 1 aromatic rings. The van der Waals surface area contributed by atoms with Crippen molar-refractivity contribution in [3.05, 3.63) is 34.5 Å². The Morgan fingerprint density at radius 3 is 2.17 bits per heavy atom. The van der Waals surface area contributed by atoms with Crippen molar-refractivity contribution >= 4 is 26.5 Å². The molecule has 1 aliphatic heterocycles. The second-order valence-electron chi connectivity index (χ2n) is 4.62. The highest BCUT2D eigenvalue weighted by Crippen LogP contribution is 2.78. The zero-order valence-electron chi connectivity index (χ0n) is 11.7. The maximum absolute atomic E-state index is 13.7. The topological polar surface area (TPSA) is 43.4 Å². The van der Waals surface area contributed by atoms with Gasteiger partial charge in [-0.3, -0.25) is 0 Å². The second kappa shape index (κ2) is 5.63. The Kier molecular flexibility index (Phi) is 4.47. The Balaban J connectivity index is 2.79. The molecule has 0 spiro atoms. The van der Waals surface area contributed by atoms with Gasteiger partial charge in [0.15, 0.2) is 0 Å². The molecule has 2 rings (SSSR count). The van der Waals surface area contributed by atoms with E-state index < -0.39 is 53.5 Å². The van der Waals surface area contributed by atoms with Gasteiger partial charge in [-0.15, -0.1) is 0 Å². The fourth-order valence-corrected chi connectivity index (χ4v) is 6.75. The zero-order chi connectivity index (χ0) is 18.6. The molecule has 136 valence electrons. The average Bonchev–Trinajstić information content (AvgIpc) is 2.71. The van der Waals surface area contributed by atoms with Crippen LogP contribution in [0.2, 0.25) is 0 Å². The van der Waals surface area contributed by atoms with Crippen LogP contribution < -0.4 is 0 Å². The molecule has 0 saturated carbocycles. The molecule has 1 unspecified atom stereocenters. The van der Waals surface area contributed by atoms with Crippen LogP contribution >= 0.6 is 10.3 Å². The van der Waals surface area contributed by atoms with Crippen molar-refractivity contribution in [2.45, 2.75) is 29.3 Å². The Morgan fingerprint density at radius 1 is 1.12 bits per heavy atom. The van der Waals surface area contributed by atoms with Crippen LogP contribution in [0.1, 0.15) is 18.9 Å². The lowest BCUT2D eigenvalue weighted by Crippen LogP contribution is -2.32. The highest BCUT2D eigenvalue weighted by atomic mass is 32.3. The van der Waals surface area contributed by atoms with Gasteiger partial charge in [0.25, 0.3) is 0 Å². The van der Waals surface area contributed by atoms with E-state index in [9.17, 15) is 39.2 Å². The van der Waals surface area contributed by atoms with Crippen LogP contribution in [0.15, 0.2) is 28.0 Å². The summed E-state index contributed by atoms with van der Waals surface area (Å²) >= 11 is 0. The predicted molar refractivity (Wildman–Crippen MR) is 72.6 cm³/mol. The fraction of sp³-hybridized carbons (Fsp3) is 0.333. The monoisotopic (exact) mass is 398 g/mol. The van der Waals surface area contributed by atoms with E-state index in [0.717, 1.165) is 18.2 Å². The fourth-order valence-electron chi connectivity index (χ4n) is 2.14. The average molecular weight is 398 g/mol. The van der Waals surface area contributed by atoms with Gasteiger partial charge in [-0.25, -0.2) is 4.39 Å². The smallest absolute Gasteiger partial charge is 0.207 e. The highest BCUT2D eigenvalue weighted by Gasteiger charge is 2.63. The van der Waals surface area contributed by atoms with Gasteiger partial charge in [0, 0.05) is 20.1 Å². The molecule has 12 heteroatoms. The molecule has 0 saturated heterocycles. The molecular formula is C12H9F7O3S2. The molecule has 1 aliphatic rings. The van der Waals surface area contributed by atoms with E-state index >= 15 is 0 Å². The summed E-state index contributed by atoms with van der Waals surface area (Å²) in [5.74, 6) is -1.16. The lowest BCUT2D eigenvalue weighted by Gasteiger charge is -2.38. The summed E-state index contributed by atoms with van der Waals surface area (Å²) in [5, 5.41) is 0. The van der Waals surface area contributed by atoms with Crippen molar-refractivity contribution in [3.8, 4) is 0 Å². The third kappa shape index (κ3) is 2.80. The summed E-state index contributed by atoms with van der Waals surface area (Å²) in [6.07, 6.45) is 0.446. The molecule has 0 fully saturated rings. The molecular weight excluding hydrogens is 389 g/mol. The van der Waals surface area contributed by atoms with Gasteiger partial charge < -0.3 is 0 Å². The molecule has 0 amide bonds. The van der Waals surface area contributed by atoms with E-state index in [1.807, 2.05) is 0 Å². The number of fused-ring (bicyclic) bond motifs is 1. The third-order valence-electron chi connectivity index (χ3n) is 3.12. The SMILES string of the molecule is CCC1=Cc2ccc(F)cc2S1(OS(=O)(=O)C(F)(F)F)C(F)(F)F. The van der Waals surface area contributed by atoms with E-state index in [2.05, 4.69) is 3.63 Å². The number of benzene rings is 1. The van der Waals surface area contributed by atoms with E-state index in [-0.39, 0.29) is 5.56 Å². The molecule has 0 bridgehead atoms. The molecule has 0 aromatic heterocycles. The molecule has 1 heterocycles. The lowest BCUT2D eigenvalue weighted by atomic mass is 10.2. The standard InChI is InChI=1S/C12H9F7O3S2/c1-2-9-5-7-3-4-8(13)6-10(7)23(9,11(14,15)16)22-24(20,21)12(17,18)19/h3-6H,2H2,1H3. The summed E-state index contributed by atoms with van der Waals surface area (Å²) in [4.78, 5) is -1.65. The number of halogens is 7. The van der Waals surface area contributed by atoms with Crippen LogP contribution in [-0.2, 0) is 13.7 Å². The van der Waals surface area contributed by atoms with Crippen molar-refractivity contribution < 1.29 is 42.8 Å². The summed E-state index contributed by atoms with van der Waals surface area (Å²) in [5.41, 5.74) is -11.8. The van der Waals surface area contributed by atoms with Gasteiger partial charge in [-0.1, -0.05) is 13.0 Å². The van der Waals surface area contributed by atoms with E-state index in [1.54, 1.807) is 0 Å². The van der Waals surface area contributed by atoms with Gasteiger partial charge >= 0.3 is 21.1 Å². The zero-order valence-corrected chi connectivity index (χ0v) is 13.3. The van der Waals surface area contributed by atoms with Crippen molar-refractivity contribution in [2.24, 2.45) is 0 Å². The Bertz CT molecular complexity index is 796. The maximum atomic E-state index is 13.7. The summed E-state index contributed by atoms with van der Waals surface area (Å²) in [6.45, 7) is 1.20. The van der Waals surface area contributed by atoms with E-state index in [1.165, 1.54) is 6.92 Å². The largest absolute Gasteiger partial charge is 0.523 e. The van der Waals surface area contributed by atoms with Crippen molar-refractivity contribution in [2.75, 3.05) is 0 Å². The van der Waals surface area contributed by atoms with Crippen LogP contribution in [0.4, 0.5) is 30.7 Å². The number of hydrogen-bond donors (Lipinski definition) is 0. The third-order valence-corrected chi connectivity index (χ3v) is 7.99. The van der Waals surface area contributed by atoms with Gasteiger partial charge in [-0.05, 0) is 30.2 Å². The first kappa shape index (κ1) is 19.1. The van der Waals surface area contributed by atoms with Gasteiger partial charge in [0.1, 0.15) is 5.82 Å². The Morgan fingerprint density at radius 2 is 1.71 bits per heavy atom. The number of alkyl halides is 6. The first-order chi connectivity index (χ1) is 10.8. The predicted octanol–water partition coefficient (Wildman–Crippen LogP) is 5.05. The quantitative estimate of drug-likeness (QED) is 0.528. The molecule has 24 heavy (non-hydrogen) atoms. The van der Waals surface area contributed by atoms with Crippen LogP contribution in [0.5, 0.6) is 0 Å². The first-order valence-corrected chi connectivity index (χ1v) is 9.15. The molecule has 1 atom stereocenters. The van der Waals surface area contributed by atoms with Crippen molar-refractivity contribution in [1.82, 2.24) is 0 Å². The number of hydrogen-bond acceptors (Lipinski definition) is 3. The minimum Gasteiger partial charge on any atom is -0.207 e. The minimum atomic E-state index is -6.57. The van der Waals surface area contributed by atoms with E-state index in [0.29, 0.717) is 6.07 Å². The second-order valence-corrected chi connectivity index (χ2v) is 9.07. The van der Waals surface area contributed by atoms with Crippen LogP contribution in [-0.4, -0.2) is 19.4 Å². The molecule has 0 radical (unpaired) electrons. The molecule has 3 nitrogen and oxygen atoms in total. The molecule has 0 aliphatic carbocycles. The van der Waals surface area contributed by atoms with Crippen LogP contribution in [0.25, 0.3) is 6.08 Å². The summed E-state index contributed by atoms with van der Waals surface area (Å²) in [7, 11) is -11.6. The van der Waals surface area contributed by atoms with Gasteiger partial charge in [0.05, 0.1) is 0 Å². The minimum absolute atomic E-state index is 0.238. The Hall–Kier alpha value is -1.27. The first-order valence-electron chi connectivity index (χ1n) is 6.18. The summed E-state index contributed by atoms with van der Waals surface area (Å²) in [6, 6.07) is 2.08. The molecule has 1 aromatic carbocycles. The normalized spacial score (nSPS) is 24.2. The van der Waals surface area contributed by atoms with Gasteiger partial charge in [-0.2, -0.15) is 38.4 Å². The maximum Gasteiger partial charge on any atom is 0.523 e. The van der Waals surface area contributed by atoms with Crippen LogP contribution in [0.3, 0.4) is 0 Å². The lowest BCUT2D eigenvalue weighted by molar-refractivity contribution is -0.0546. The molecule has 0 N–H and O–H groups in total. The van der Waals surface area contributed by atoms with Gasteiger partial charge in [0.2, 0.25) is 0 Å². The van der Waals surface area contributed by atoms with Crippen LogP contribution in [0, 0.1) is 5.82 Å². The van der Waals surface area contributed by atoms with Crippen molar-refractivity contribution in [3.63, 3.8) is 0 Å². The number of rotatable bonds is 3. The number of allylic oxidation sites excluding steroid dienone is 1. The van der Waals surface area contributed by atoms with Crippen molar-refractivity contribution in [1.29, 1.82) is 0 Å². The van der Waals surface area contributed by atoms with E-state index in [4.69, 9.17) is 0 Å². The summed E-state index contributed by atoms with van der Waals surface area (Å²) < 4.78 is 119.